The van der Waals surface area contributed by atoms with Crippen LogP contribution >= 0.6 is 0 Å². The van der Waals surface area contributed by atoms with Gasteiger partial charge in [-0.25, -0.2) is 9.79 Å². The van der Waals surface area contributed by atoms with Crippen molar-refractivity contribution in [2.24, 2.45) is 4.99 Å². The van der Waals surface area contributed by atoms with Crippen LogP contribution in [0.4, 0.5) is 5.69 Å². The van der Waals surface area contributed by atoms with Crippen molar-refractivity contribution in [1.29, 1.82) is 0 Å². The number of rotatable bonds is 7. The highest BCUT2D eigenvalue weighted by atomic mass is 16.6. The molecule has 2 bridgehead atoms. The van der Waals surface area contributed by atoms with E-state index >= 15 is 0 Å². The number of carbonyl (C=O) groups excluding carboxylic acids is 1. The van der Waals surface area contributed by atoms with Crippen LogP contribution in [0.5, 0.6) is 0 Å². The van der Waals surface area contributed by atoms with Gasteiger partial charge in [-0.05, 0) is 59.9 Å². The molecule has 0 radical (unpaired) electrons. The van der Waals surface area contributed by atoms with Crippen LogP contribution in [-0.4, -0.2) is 23.7 Å². The molecule has 0 saturated heterocycles. The molecule has 0 unspecified atom stereocenters. The number of aliphatic imine (C=N–C) groups is 1. The average molecular weight is 414 g/mol. The van der Waals surface area contributed by atoms with Gasteiger partial charge in [-0.1, -0.05) is 48.6 Å². The number of hydrogen-bond donors (Lipinski definition) is 0. The summed E-state index contributed by atoms with van der Waals surface area (Å²) in [4.78, 5) is 27.0. The molecular weight excluding hydrogens is 392 g/mol. The first-order chi connectivity index (χ1) is 15.1. The van der Waals surface area contributed by atoms with Crippen LogP contribution in [0, 0.1) is 10.1 Å². The van der Waals surface area contributed by atoms with Gasteiger partial charge in [0.25, 0.3) is 5.69 Å². The molecule has 0 atom stereocenters. The van der Waals surface area contributed by atoms with Crippen LogP contribution in [-0.2, 0) is 9.53 Å². The summed E-state index contributed by atoms with van der Waals surface area (Å²) in [6.07, 6.45) is 21.4. The Morgan fingerprint density at radius 3 is 2.68 bits per heavy atom. The molecule has 31 heavy (non-hydrogen) atoms. The highest BCUT2D eigenvalue weighted by Gasteiger charge is 2.14. The summed E-state index contributed by atoms with van der Waals surface area (Å²) in [5.74, 6) is -0.503. The van der Waals surface area contributed by atoms with Crippen molar-refractivity contribution in [2.75, 3.05) is 6.61 Å². The van der Waals surface area contributed by atoms with Crippen LogP contribution < -0.4 is 0 Å². The van der Waals surface area contributed by atoms with Gasteiger partial charge in [0.05, 0.1) is 11.5 Å². The Bertz CT molecular complexity index is 1090. The van der Waals surface area contributed by atoms with Crippen LogP contribution in [0.2, 0.25) is 0 Å². The minimum absolute atomic E-state index is 0.0322. The van der Waals surface area contributed by atoms with Crippen molar-refractivity contribution >= 4 is 23.9 Å². The highest BCUT2D eigenvalue weighted by Crippen LogP contribution is 2.27. The quantitative estimate of drug-likeness (QED) is 0.196. The van der Waals surface area contributed by atoms with E-state index in [1.54, 1.807) is 37.3 Å². The van der Waals surface area contributed by atoms with E-state index in [4.69, 9.17) is 4.74 Å². The second-order valence-corrected chi connectivity index (χ2v) is 6.71. The van der Waals surface area contributed by atoms with Gasteiger partial charge >= 0.3 is 5.97 Å². The molecule has 2 aliphatic rings. The van der Waals surface area contributed by atoms with Crippen molar-refractivity contribution in [3.05, 3.63) is 117 Å². The lowest BCUT2D eigenvalue weighted by molar-refractivity contribution is -0.384. The highest BCUT2D eigenvalue weighted by molar-refractivity contribution is 5.92. The molecule has 6 nitrogen and oxygen atoms in total. The van der Waals surface area contributed by atoms with E-state index in [-0.39, 0.29) is 18.0 Å². The number of nitro groups is 1. The maximum atomic E-state index is 12.4. The summed E-state index contributed by atoms with van der Waals surface area (Å²) in [5.41, 5.74) is 4.17. The van der Waals surface area contributed by atoms with Crippen molar-refractivity contribution in [3.8, 4) is 0 Å². The molecule has 1 aromatic rings. The molecule has 6 heteroatoms. The number of ether oxygens (including phenoxy) is 1. The number of fused-ring (bicyclic) bond motifs is 2. The summed E-state index contributed by atoms with van der Waals surface area (Å²) >= 11 is 0. The maximum Gasteiger partial charge on any atom is 0.356 e. The Morgan fingerprint density at radius 1 is 1.16 bits per heavy atom. The van der Waals surface area contributed by atoms with Gasteiger partial charge in [0, 0.05) is 18.3 Å². The van der Waals surface area contributed by atoms with E-state index < -0.39 is 10.9 Å². The van der Waals surface area contributed by atoms with Crippen LogP contribution in [0.1, 0.15) is 18.9 Å². The van der Waals surface area contributed by atoms with Gasteiger partial charge in [0.15, 0.2) is 0 Å². The standard InChI is InChI=1S/C25H22N2O4/c1-2-31-25(28)24(18-22-11-5-8-20-7-3-4-10-21(22)17-20)26-16-6-9-19-12-14-23(15-13-19)27(29)30/h3-16,18H,2,17H2,1H3/b9-6+,24-18-,26-16+. The number of hydrogen-bond acceptors (Lipinski definition) is 5. The van der Waals surface area contributed by atoms with E-state index in [0.29, 0.717) is 0 Å². The first-order valence-corrected chi connectivity index (χ1v) is 9.86. The van der Waals surface area contributed by atoms with E-state index in [1.807, 2.05) is 36.5 Å². The number of esters is 1. The van der Waals surface area contributed by atoms with Crippen molar-refractivity contribution in [1.82, 2.24) is 0 Å². The minimum atomic E-state index is -0.503. The van der Waals surface area contributed by atoms with Gasteiger partial charge in [-0.15, -0.1) is 0 Å². The third-order valence-corrected chi connectivity index (χ3v) is 4.54. The topological polar surface area (TPSA) is 81.8 Å². The molecule has 2 aliphatic carbocycles. The molecule has 0 aromatic heterocycles. The Balaban J connectivity index is 1.81. The van der Waals surface area contributed by atoms with Gasteiger partial charge in [-0.2, -0.15) is 0 Å². The largest absolute Gasteiger partial charge is 0.461 e. The SMILES string of the molecule is CCOC(=O)C(=C/C1=CC=CC2=CC=CC=C1C2)/N=C/C=C/c1ccc([N+](=O)[O-])cc1. The molecular formula is C25H22N2O4. The Kier molecular flexibility index (Phi) is 7.43. The normalized spacial score (nSPS) is 15.9. The van der Waals surface area contributed by atoms with E-state index in [0.717, 1.165) is 23.1 Å². The number of nitrogens with zero attached hydrogens (tertiary/aromatic N) is 2. The van der Waals surface area contributed by atoms with Crippen molar-refractivity contribution in [2.45, 2.75) is 13.3 Å². The van der Waals surface area contributed by atoms with Gasteiger partial charge in [-0.3, -0.25) is 10.1 Å². The van der Waals surface area contributed by atoms with E-state index in [2.05, 4.69) is 11.1 Å². The second kappa shape index (κ2) is 10.6. The molecule has 0 fully saturated rings. The lowest BCUT2D eigenvalue weighted by Gasteiger charge is -2.08. The zero-order valence-electron chi connectivity index (χ0n) is 17.1. The van der Waals surface area contributed by atoms with Crippen LogP contribution in [0.25, 0.3) is 6.08 Å². The third kappa shape index (κ3) is 6.21. The molecule has 3 rings (SSSR count). The Labute approximate surface area is 180 Å². The first kappa shape index (κ1) is 21.6. The molecule has 0 amide bonds. The smallest absolute Gasteiger partial charge is 0.356 e. The lowest BCUT2D eigenvalue weighted by atomic mass is 9.99. The van der Waals surface area contributed by atoms with Gasteiger partial charge < -0.3 is 4.74 Å². The van der Waals surface area contributed by atoms with Crippen LogP contribution in [0.15, 0.2) is 106 Å². The maximum absolute atomic E-state index is 12.4. The number of nitro benzene ring substituents is 1. The summed E-state index contributed by atoms with van der Waals surface area (Å²) in [7, 11) is 0. The monoisotopic (exact) mass is 414 g/mol. The predicted molar refractivity (Wildman–Crippen MR) is 122 cm³/mol. The molecule has 0 spiro atoms. The molecule has 1 aromatic carbocycles. The second-order valence-electron chi connectivity index (χ2n) is 6.71. The Hall–Kier alpha value is -4.06. The van der Waals surface area contributed by atoms with Gasteiger partial charge in [0.2, 0.25) is 0 Å². The molecule has 0 aliphatic heterocycles. The zero-order chi connectivity index (χ0) is 22.1. The summed E-state index contributed by atoms with van der Waals surface area (Å²) < 4.78 is 5.16. The average Bonchev–Trinajstić information content (AvgIpc) is 3.11. The molecule has 0 saturated carbocycles. The number of benzene rings is 1. The van der Waals surface area contributed by atoms with E-state index in [1.165, 1.54) is 23.9 Å². The molecule has 0 N–H and O–H groups in total. The first-order valence-electron chi connectivity index (χ1n) is 9.86. The van der Waals surface area contributed by atoms with E-state index in [9.17, 15) is 14.9 Å². The molecule has 0 heterocycles. The predicted octanol–water partition coefficient (Wildman–Crippen LogP) is 5.43. The fraction of sp³-hybridized carbons (Fsp3) is 0.120. The molecule has 156 valence electrons. The van der Waals surface area contributed by atoms with Crippen LogP contribution in [0.3, 0.4) is 0 Å². The van der Waals surface area contributed by atoms with Crippen molar-refractivity contribution in [3.63, 3.8) is 0 Å². The summed E-state index contributed by atoms with van der Waals surface area (Å²) in [6, 6.07) is 6.16. The Morgan fingerprint density at radius 2 is 1.94 bits per heavy atom. The number of allylic oxidation sites excluding steroid dienone is 12. The fourth-order valence-corrected chi connectivity index (χ4v) is 3.01. The third-order valence-electron chi connectivity index (χ3n) is 4.54. The van der Waals surface area contributed by atoms with Gasteiger partial charge in [0.1, 0.15) is 5.70 Å². The number of non-ortho nitro benzene ring substituents is 1. The lowest BCUT2D eigenvalue weighted by Crippen LogP contribution is -2.07. The van der Waals surface area contributed by atoms with Crippen molar-refractivity contribution < 1.29 is 14.5 Å². The summed E-state index contributed by atoms with van der Waals surface area (Å²) in [5, 5.41) is 10.7. The minimum Gasteiger partial charge on any atom is -0.461 e. The number of carbonyl (C=O) groups is 1. The summed E-state index contributed by atoms with van der Waals surface area (Å²) in [6.45, 7) is 2.00. The zero-order valence-corrected chi connectivity index (χ0v) is 17.1. The fourth-order valence-electron chi connectivity index (χ4n) is 3.01.